The van der Waals surface area contributed by atoms with Gasteiger partial charge < -0.3 is 9.30 Å². The summed E-state index contributed by atoms with van der Waals surface area (Å²) in [7, 11) is -7.67. The zero-order valence-electron chi connectivity index (χ0n) is 21.6. The van der Waals surface area contributed by atoms with Gasteiger partial charge in [0.2, 0.25) is 20.0 Å². The van der Waals surface area contributed by atoms with Crippen LogP contribution in [0.5, 0.6) is 0 Å². The number of primary sulfonamides is 1. The van der Waals surface area contributed by atoms with E-state index in [0.29, 0.717) is 16.8 Å². The lowest BCUT2D eigenvalue weighted by Gasteiger charge is -2.34. The first kappa shape index (κ1) is 29.1. The molecule has 1 aliphatic rings. The molecule has 1 aliphatic heterocycles. The molecule has 1 atom stereocenters. The average Bonchev–Trinajstić information content (AvgIpc) is 3.24. The van der Waals surface area contributed by atoms with Gasteiger partial charge in [0.05, 0.1) is 26.6 Å². The molecule has 3 aromatic rings. The average molecular weight is 595 g/mol. The molecule has 0 spiro atoms. The Kier molecular flexibility index (Phi) is 8.71. The minimum Gasteiger partial charge on any atom is -0.465 e. The van der Waals surface area contributed by atoms with E-state index in [1.165, 1.54) is 47.0 Å². The molecule has 14 heteroatoms. The van der Waals surface area contributed by atoms with Gasteiger partial charge in [-0.05, 0) is 68.7 Å². The Bertz CT molecular complexity index is 1670. The van der Waals surface area contributed by atoms with Crippen LogP contribution >= 0.6 is 11.3 Å². The van der Waals surface area contributed by atoms with Crippen molar-refractivity contribution in [3.63, 3.8) is 0 Å². The number of ether oxygens (including phenoxy) is 1. The molecular formula is C25H30N4O7S3. The van der Waals surface area contributed by atoms with Crippen molar-refractivity contribution in [3.8, 4) is 0 Å². The van der Waals surface area contributed by atoms with E-state index < -0.39 is 31.9 Å². The zero-order valence-corrected chi connectivity index (χ0v) is 24.0. The third-order valence-electron chi connectivity index (χ3n) is 6.52. The summed E-state index contributed by atoms with van der Waals surface area (Å²) in [6, 6.07) is 9.71. The van der Waals surface area contributed by atoms with Crippen molar-refractivity contribution in [1.29, 1.82) is 0 Å². The lowest BCUT2D eigenvalue weighted by atomic mass is 10.0. The minimum atomic E-state index is -3.97. The van der Waals surface area contributed by atoms with Crippen LogP contribution in [-0.2, 0) is 36.1 Å². The third kappa shape index (κ3) is 6.30. The van der Waals surface area contributed by atoms with Gasteiger partial charge in [-0.1, -0.05) is 24.7 Å². The fourth-order valence-electron chi connectivity index (χ4n) is 4.56. The Morgan fingerprint density at radius 2 is 1.74 bits per heavy atom. The van der Waals surface area contributed by atoms with Gasteiger partial charge in [0.1, 0.15) is 6.54 Å². The first-order chi connectivity index (χ1) is 18.5. The molecule has 39 heavy (non-hydrogen) atoms. The van der Waals surface area contributed by atoms with Crippen molar-refractivity contribution in [2.75, 3.05) is 13.2 Å². The standard InChI is InChI=1S/C25H30N4O7S3/c1-3-18-7-5-6-14-29(18)39(34,35)19-10-8-17(9-11-19)24(31)27-25-28(16-23(30)36-4-2)21-13-12-20(38(26,32)33)15-22(21)37-25/h8-13,15,18H,3-7,14,16H2,1-2H3,(H2,26,32,33)/t18-/m1/s1. The summed E-state index contributed by atoms with van der Waals surface area (Å²) >= 11 is 1.01. The summed E-state index contributed by atoms with van der Waals surface area (Å²) in [4.78, 5) is 29.6. The molecule has 210 valence electrons. The molecule has 0 aliphatic carbocycles. The Morgan fingerprint density at radius 3 is 2.38 bits per heavy atom. The molecule has 2 N–H and O–H groups in total. The van der Waals surface area contributed by atoms with Crippen LogP contribution in [0.1, 0.15) is 49.9 Å². The van der Waals surface area contributed by atoms with E-state index >= 15 is 0 Å². The molecule has 0 bridgehead atoms. The van der Waals surface area contributed by atoms with Crippen LogP contribution in [0, 0.1) is 0 Å². The zero-order chi connectivity index (χ0) is 28.4. The van der Waals surface area contributed by atoms with E-state index in [4.69, 9.17) is 9.88 Å². The number of hydrogen-bond acceptors (Lipinski definition) is 8. The normalized spacial score (nSPS) is 17.4. The molecule has 0 saturated carbocycles. The number of nitrogens with zero attached hydrogens (tertiary/aromatic N) is 3. The van der Waals surface area contributed by atoms with Gasteiger partial charge >= 0.3 is 5.97 Å². The fourth-order valence-corrected chi connectivity index (χ4v) is 8.01. The number of carbonyl (C=O) groups is 2. The monoisotopic (exact) mass is 594 g/mol. The van der Waals surface area contributed by atoms with E-state index in [9.17, 15) is 26.4 Å². The first-order valence-electron chi connectivity index (χ1n) is 12.5. The summed E-state index contributed by atoms with van der Waals surface area (Å²) in [5, 5.41) is 5.25. The van der Waals surface area contributed by atoms with E-state index in [-0.39, 0.29) is 39.3 Å². The second-order valence-corrected chi connectivity index (χ2v) is 13.5. The number of carbonyl (C=O) groups excluding carboxylic acids is 2. The number of rotatable bonds is 8. The molecule has 1 aromatic heterocycles. The Labute approximate surface area is 231 Å². The van der Waals surface area contributed by atoms with Crippen LogP contribution in [0.4, 0.5) is 0 Å². The quantitative estimate of drug-likeness (QED) is 0.393. The first-order valence-corrected chi connectivity index (χ1v) is 16.3. The highest BCUT2D eigenvalue weighted by Gasteiger charge is 2.32. The van der Waals surface area contributed by atoms with Crippen LogP contribution in [-0.4, -0.2) is 56.8 Å². The Balaban J connectivity index is 1.70. The molecule has 1 amide bonds. The number of aromatic nitrogens is 1. The van der Waals surface area contributed by atoms with E-state index in [0.717, 1.165) is 37.0 Å². The number of hydrogen-bond donors (Lipinski definition) is 1. The van der Waals surface area contributed by atoms with E-state index in [2.05, 4.69) is 4.99 Å². The van der Waals surface area contributed by atoms with Gasteiger partial charge in [0.15, 0.2) is 4.80 Å². The second kappa shape index (κ2) is 11.7. The van der Waals surface area contributed by atoms with Gasteiger partial charge in [-0.3, -0.25) is 9.59 Å². The number of fused-ring (bicyclic) bond motifs is 1. The van der Waals surface area contributed by atoms with Gasteiger partial charge in [0, 0.05) is 18.2 Å². The SMILES string of the molecule is CCOC(=O)Cn1c(=NC(=O)c2ccc(S(=O)(=O)N3CCCC[C@H]3CC)cc2)sc2cc(S(N)(=O)=O)ccc21. The lowest BCUT2D eigenvalue weighted by molar-refractivity contribution is -0.143. The van der Waals surface area contributed by atoms with E-state index in [1.807, 2.05) is 6.92 Å². The van der Waals surface area contributed by atoms with E-state index in [1.54, 1.807) is 11.2 Å². The Hall–Kier alpha value is -2.91. The molecule has 4 rings (SSSR count). The molecule has 1 saturated heterocycles. The maximum atomic E-state index is 13.2. The number of nitrogens with two attached hydrogens (primary N) is 1. The fraction of sp³-hybridized carbons (Fsp3) is 0.400. The van der Waals surface area contributed by atoms with Crippen molar-refractivity contribution < 1.29 is 31.2 Å². The summed E-state index contributed by atoms with van der Waals surface area (Å²) < 4.78 is 58.6. The largest absolute Gasteiger partial charge is 0.465 e. The second-order valence-electron chi connectivity index (χ2n) is 9.07. The Morgan fingerprint density at radius 1 is 1.05 bits per heavy atom. The predicted octanol–water partition coefficient (Wildman–Crippen LogP) is 2.61. The molecule has 2 aromatic carbocycles. The minimum absolute atomic E-state index is 0.0439. The van der Waals surface area contributed by atoms with Crippen molar-refractivity contribution in [2.24, 2.45) is 10.1 Å². The highest BCUT2D eigenvalue weighted by atomic mass is 32.2. The van der Waals surface area contributed by atoms with Crippen LogP contribution < -0.4 is 9.94 Å². The maximum absolute atomic E-state index is 13.2. The number of thiazole rings is 1. The van der Waals surface area contributed by atoms with Gasteiger partial charge in [-0.2, -0.15) is 9.30 Å². The number of piperidine rings is 1. The highest BCUT2D eigenvalue weighted by Crippen LogP contribution is 2.27. The number of amides is 1. The van der Waals surface area contributed by atoms with Crippen molar-refractivity contribution in [1.82, 2.24) is 8.87 Å². The summed E-state index contributed by atoms with van der Waals surface area (Å²) in [6.45, 7) is 4.02. The van der Waals surface area contributed by atoms with Crippen molar-refractivity contribution in [3.05, 3.63) is 52.8 Å². The molecule has 1 fully saturated rings. The molecule has 11 nitrogen and oxygen atoms in total. The third-order valence-corrected chi connectivity index (χ3v) is 10.4. The van der Waals surface area contributed by atoms with Crippen LogP contribution in [0.2, 0.25) is 0 Å². The number of benzene rings is 2. The number of sulfonamides is 2. The van der Waals surface area contributed by atoms with Crippen molar-refractivity contribution >= 4 is 53.5 Å². The predicted molar refractivity (Wildman–Crippen MR) is 146 cm³/mol. The van der Waals surface area contributed by atoms with Crippen LogP contribution in [0.25, 0.3) is 10.2 Å². The van der Waals surface area contributed by atoms with Gasteiger partial charge in [-0.15, -0.1) is 0 Å². The summed E-state index contributed by atoms with van der Waals surface area (Å²) in [6.07, 6.45) is 3.36. The molecular weight excluding hydrogens is 564 g/mol. The topological polar surface area (TPSA) is 158 Å². The van der Waals surface area contributed by atoms with Gasteiger partial charge in [0.25, 0.3) is 5.91 Å². The summed E-state index contributed by atoms with van der Waals surface area (Å²) in [5.41, 5.74) is 0.630. The number of esters is 1. The lowest BCUT2D eigenvalue weighted by Crippen LogP contribution is -2.43. The molecule has 0 radical (unpaired) electrons. The van der Waals surface area contributed by atoms with Crippen molar-refractivity contribution in [2.45, 2.75) is 61.9 Å². The molecule has 2 heterocycles. The van der Waals surface area contributed by atoms with Crippen LogP contribution in [0.15, 0.2) is 57.2 Å². The smallest absolute Gasteiger partial charge is 0.326 e. The summed E-state index contributed by atoms with van der Waals surface area (Å²) in [5.74, 6) is -1.21. The maximum Gasteiger partial charge on any atom is 0.326 e. The highest BCUT2D eigenvalue weighted by molar-refractivity contribution is 7.89. The van der Waals surface area contributed by atoms with Crippen LogP contribution in [0.3, 0.4) is 0 Å². The molecule has 0 unspecified atom stereocenters. The van der Waals surface area contributed by atoms with Gasteiger partial charge in [-0.25, -0.2) is 22.0 Å².